The van der Waals surface area contributed by atoms with Crippen LogP contribution in [0.5, 0.6) is 5.75 Å². The van der Waals surface area contributed by atoms with E-state index in [9.17, 15) is 8.42 Å². The maximum atomic E-state index is 12.7. The standard InChI is InChI=1S/C15H14ClNO3S/c16-13-6-2-1-5-12(13)11-21(18,19)17-9-10-20-15-8-4-3-7-14(15)17/h1-8H,9-11H2. The van der Waals surface area contributed by atoms with Crippen LogP contribution in [0.1, 0.15) is 5.56 Å². The highest BCUT2D eigenvalue weighted by molar-refractivity contribution is 7.92. The van der Waals surface area contributed by atoms with Crippen LogP contribution < -0.4 is 9.04 Å². The molecule has 2 aromatic carbocycles. The third-order valence-corrected chi connectivity index (χ3v) is 5.41. The minimum Gasteiger partial charge on any atom is -0.489 e. The summed E-state index contributed by atoms with van der Waals surface area (Å²) in [7, 11) is -3.50. The van der Waals surface area contributed by atoms with Gasteiger partial charge in [0.25, 0.3) is 0 Å². The maximum Gasteiger partial charge on any atom is 0.239 e. The monoisotopic (exact) mass is 323 g/mol. The molecule has 0 amide bonds. The summed E-state index contributed by atoms with van der Waals surface area (Å²) in [5, 5.41) is 0.461. The molecule has 0 atom stereocenters. The third kappa shape index (κ3) is 2.84. The fourth-order valence-corrected chi connectivity index (χ4v) is 4.21. The van der Waals surface area contributed by atoms with Gasteiger partial charge in [-0.1, -0.05) is 41.9 Å². The third-order valence-electron chi connectivity index (χ3n) is 3.32. The van der Waals surface area contributed by atoms with Gasteiger partial charge in [0.05, 0.1) is 18.0 Å². The second-order valence-electron chi connectivity index (χ2n) is 4.74. The summed E-state index contributed by atoms with van der Waals surface area (Å²) in [6, 6.07) is 14.1. The lowest BCUT2D eigenvalue weighted by Crippen LogP contribution is -2.38. The molecule has 0 bridgehead atoms. The topological polar surface area (TPSA) is 46.6 Å². The molecular weight excluding hydrogens is 310 g/mol. The lowest BCUT2D eigenvalue weighted by molar-refractivity contribution is 0.316. The van der Waals surface area contributed by atoms with E-state index in [0.29, 0.717) is 35.2 Å². The van der Waals surface area contributed by atoms with Gasteiger partial charge in [0, 0.05) is 5.02 Å². The van der Waals surface area contributed by atoms with E-state index in [2.05, 4.69) is 0 Å². The van der Waals surface area contributed by atoms with Crippen molar-refractivity contribution in [1.29, 1.82) is 0 Å². The highest BCUT2D eigenvalue weighted by atomic mass is 35.5. The molecule has 4 nitrogen and oxygen atoms in total. The van der Waals surface area contributed by atoms with Gasteiger partial charge >= 0.3 is 0 Å². The average molecular weight is 324 g/mol. The van der Waals surface area contributed by atoms with Crippen molar-refractivity contribution in [3.05, 3.63) is 59.1 Å². The summed E-state index contributed by atoms with van der Waals surface area (Å²) in [5.41, 5.74) is 1.18. The Kier molecular flexibility index (Phi) is 3.78. The minimum absolute atomic E-state index is 0.124. The number of anilines is 1. The Labute approximate surface area is 129 Å². The van der Waals surface area contributed by atoms with Crippen LogP contribution in [0.3, 0.4) is 0 Å². The Morgan fingerprint density at radius 1 is 1.10 bits per heavy atom. The van der Waals surface area contributed by atoms with E-state index >= 15 is 0 Å². The fraction of sp³-hybridized carbons (Fsp3) is 0.200. The highest BCUT2D eigenvalue weighted by Crippen LogP contribution is 2.34. The summed E-state index contributed by atoms with van der Waals surface area (Å²) in [6.07, 6.45) is 0. The van der Waals surface area contributed by atoms with E-state index in [0.717, 1.165) is 0 Å². The van der Waals surface area contributed by atoms with Crippen LogP contribution in [-0.4, -0.2) is 21.6 Å². The van der Waals surface area contributed by atoms with Gasteiger partial charge in [-0.25, -0.2) is 8.42 Å². The van der Waals surface area contributed by atoms with Gasteiger partial charge in [-0.15, -0.1) is 0 Å². The highest BCUT2D eigenvalue weighted by Gasteiger charge is 2.28. The summed E-state index contributed by atoms with van der Waals surface area (Å²) in [5.74, 6) is 0.465. The molecule has 0 saturated carbocycles. The zero-order valence-corrected chi connectivity index (χ0v) is 12.8. The Balaban J connectivity index is 1.95. The number of para-hydroxylation sites is 2. The van der Waals surface area contributed by atoms with Crippen molar-refractivity contribution < 1.29 is 13.2 Å². The van der Waals surface area contributed by atoms with Crippen LogP contribution in [-0.2, 0) is 15.8 Å². The second-order valence-corrected chi connectivity index (χ2v) is 7.04. The fourth-order valence-electron chi connectivity index (χ4n) is 2.32. The average Bonchev–Trinajstić information content (AvgIpc) is 2.49. The molecule has 0 N–H and O–H groups in total. The summed E-state index contributed by atoms with van der Waals surface area (Å²) in [6.45, 7) is 0.655. The summed E-state index contributed by atoms with van der Waals surface area (Å²) >= 11 is 6.06. The van der Waals surface area contributed by atoms with Crippen molar-refractivity contribution in [1.82, 2.24) is 0 Å². The largest absolute Gasteiger partial charge is 0.489 e. The van der Waals surface area contributed by atoms with Crippen LogP contribution in [0.25, 0.3) is 0 Å². The van der Waals surface area contributed by atoms with Gasteiger partial charge in [-0.05, 0) is 23.8 Å². The first-order valence-electron chi connectivity index (χ1n) is 6.53. The molecule has 1 aliphatic rings. The molecule has 0 aliphatic carbocycles. The zero-order valence-electron chi connectivity index (χ0n) is 11.2. The Hall–Kier alpha value is -1.72. The lowest BCUT2D eigenvalue weighted by atomic mass is 10.2. The number of fused-ring (bicyclic) bond motifs is 1. The first-order valence-corrected chi connectivity index (χ1v) is 8.52. The number of hydrogen-bond donors (Lipinski definition) is 0. The second kappa shape index (κ2) is 5.58. The molecule has 1 aliphatic heterocycles. The quantitative estimate of drug-likeness (QED) is 0.872. The van der Waals surface area contributed by atoms with Gasteiger partial charge in [0.2, 0.25) is 10.0 Å². The summed E-state index contributed by atoms with van der Waals surface area (Å²) in [4.78, 5) is 0. The molecule has 2 aromatic rings. The molecule has 3 rings (SSSR count). The van der Waals surface area contributed by atoms with Crippen molar-refractivity contribution in [3.8, 4) is 5.75 Å². The minimum atomic E-state index is -3.50. The van der Waals surface area contributed by atoms with Crippen molar-refractivity contribution in [2.24, 2.45) is 0 Å². The van der Waals surface area contributed by atoms with Crippen molar-refractivity contribution in [3.63, 3.8) is 0 Å². The van der Waals surface area contributed by atoms with Crippen LogP contribution in [0.2, 0.25) is 5.02 Å². The molecule has 0 aromatic heterocycles. The predicted octanol–water partition coefficient (Wildman–Crippen LogP) is 3.07. The zero-order chi connectivity index (χ0) is 14.9. The number of benzene rings is 2. The Morgan fingerprint density at radius 3 is 2.62 bits per heavy atom. The first kappa shape index (κ1) is 14.2. The van der Waals surface area contributed by atoms with Crippen molar-refractivity contribution >= 4 is 27.3 Å². The summed E-state index contributed by atoms with van der Waals surface area (Å²) < 4.78 is 32.3. The molecule has 110 valence electrons. The van der Waals surface area contributed by atoms with Gasteiger partial charge < -0.3 is 4.74 Å². The first-order chi connectivity index (χ1) is 10.1. The predicted molar refractivity (Wildman–Crippen MR) is 83.4 cm³/mol. The van der Waals surface area contributed by atoms with E-state index in [1.807, 2.05) is 6.07 Å². The normalized spacial score (nSPS) is 14.4. The van der Waals surface area contributed by atoms with E-state index < -0.39 is 10.0 Å². The van der Waals surface area contributed by atoms with E-state index in [1.165, 1.54) is 4.31 Å². The number of sulfonamides is 1. The number of nitrogens with zero attached hydrogens (tertiary/aromatic N) is 1. The smallest absolute Gasteiger partial charge is 0.239 e. The lowest BCUT2D eigenvalue weighted by Gasteiger charge is -2.30. The van der Waals surface area contributed by atoms with Crippen molar-refractivity contribution in [2.45, 2.75) is 5.75 Å². The van der Waals surface area contributed by atoms with Crippen LogP contribution in [0.4, 0.5) is 5.69 Å². The molecule has 6 heteroatoms. The molecule has 0 radical (unpaired) electrons. The van der Waals surface area contributed by atoms with Crippen LogP contribution in [0.15, 0.2) is 48.5 Å². The molecule has 0 spiro atoms. The Morgan fingerprint density at radius 2 is 1.81 bits per heavy atom. The van der Waals surface area contributed by atoms with E-state index in [1.54, 1.807) is 42.5 Å². The molecule has 1 heterocycles. The van der Waals surface area contributed by atoms with E-state index in [4.69, 9.17) is 16.3 Å². The van der Waals surface area contributed by atoms with Crippen molar-refractivity contribution in [2.75, 3.05) is 17.5 Å². The van der Waals surface area contributed by atoms with Gasteiger partial charge in [0.15, 0.2) is 0 Å². The molecule has 0 saturated heterocycles. The molecular formula is C15H14ClNO3S. The van der Waals surface area contributed by atoms with Gasteiger partial charge in [0.1, 0.15) is 12.4 Å². The number of ether oxygens (including phenoxy) is 1. The number of halogens is 1. The van der Waals surface area contributed by atoms with E-state index in [-0.39, 0.29) is 5.75 Å². The van der Waals surface area contributed by atoms with Gasteiger partial charge in [-0.3, -0.25) is 4.31 Å². The van der Waals surface area contributed by atoms with Crippen LogP contribution >= 0.6 is 11.6 Å². The number of hydrogen-bond acceptors (Lipinski definition) is 3. The molecule has 21 heavy (non-hydrogen) atoms. The maximum absolute atomic E-state index is 12.7. The Bertz CT molecular complexity index is 761. The molecule has 0 unspecified atom stereocenters. The van der Waals surface area contributed by atoms with Gasteiger partial charge in [-0.2, -0.15) is 0 Å². The SMILES string of the molecule is O=S(=O)(Cc1ccccc1Cl)N1CCOc2ccccc21. The number of rotatable bonds is 3. The molecule has 0 fully saturated rings. The van der Waals surface area contributed by atoms with Crippen LogP contribution in [0, 0.1) is 0 Å².